The first-order valence-corrected chi connectivity index (χ1v) is 8.46. The number of nitrogens with one attached hydrogen (secondary N) is 1. The van der Waals surface area contributed by atoms with E-state index in [0.29, 0.717) is 0 Å². The number of carbonyl (C=O) groups excluding carboxylic acids is 2. The van der Waals surface area contributed by atoms with Gasteiger partial charge in [0.15, 0.2) is 0 Å². The van der Waals surface area contributed by atoms with E-state index in [1.54, 1.807) is 14.1 Å². The molecular formula is C20H22N2O4. The zero-order valence-electron chi connectivity index (χ0n) is 14.8. The Kier molecular flexibility index (Phi) is 5.23. The minimum Gasteiger partial charge on any atom is -0.449 e. The van der Waals surface area contributed by atoms with Gasteiger partial charge >= 0.3 is 6.09 Å². The molecule has 136 valence electrons. The van der Waals surface area contributed by atoms with Crippen LogP contribution in [0.5, 0.6) is 0 Å². The van der Waals surface area contributed by atoms with E-state index in [1.807, 2.05) is 36.4 Å². The van der Waals surface area contributed by atoms with Crippen molar-refractivity contribution in [3.8, 4) is 11.1 Å². The van der Waals surface area contributed by atoms with Crippen LogP contribution in [0.25, 0.3) is 11.1 Å². The Bertz CT molecular complexity index is 773. The number of carbonyl (C=O) groups is 2. The van der Waals surface area contributed by atoms with Gasteiger partial charge in [0.05, 0.1) is 6.61 Å². The highest BCUT2D eigenvalue weighted by Crippen LogP contribution is 2.44. The molecule has 0 fully saturated rings. The van der Waals surface area contributed by atoms with E-state index in [0.717, 1.165) is 22.3 Å². The summed E-state index contributed by atoms with van der Waals surface area (Å²) < 4.78 is 5.37. The zero-order valence-corrected chi connectivity index (χ0v) is 14.8. The number of aliphatic hydroxyl groups excluding tert-OH is 1. The lowest BCUT2D eigenvalue weighted by Gasteiger charge is -2.20. The molecule has 0 aliphatic heterocycles. The molecule has 0 saturated carbocycles. The molecule has 1 atom stereocenters. The molecule has 0 aromatic heterocycles. The van der Waals surface area contributed by atoms with Gasteiger partial charge in [-0.2, -0.15) is 0 Å². The number of hydrogen-bond acceptors (Lipinski definition) is 4. The minimum absolute atomic E-state index is 0.0507. The monoisotopic (exact) mass is 354 g/mol. The third-order valence-corrected chi connectivity index (χ3v) is 4.56. The minimum atomic E-state index is -1.01. The Balaban J connectivity index is 1.70. The predicted molar refractivity (Wildman–Crippen MR) is 97.8 cm³/mol. The van der Waals surface area contributed by atoms with Gasteiger partial charge in [-0.25, -0.2) is 4.79 Å². The highest BCUT2D eigenvalue weighted by Gasteiger charge is 2.29. The lowest BCUT2D eigenvalue weighted by Crippen LogP contribution is -2.48. The smallest absolute Gasteiger partial charge is 0.407 e. The van der Waals surface area contributed by atoms with Gasteiger partial charge in [0.1, 0.15) is 12.6 Å². The lowest BCUT2D eigenvalue weighted by atomic mass is 9.98. The maximum absolute atomic E-state index is 12.1. The first kappa shape index (κ1) is 17.9. The van der Waals surface area contributed by atoms with Crippen molar-refractivity contribution in [3.63, 3.8) is 0 Å². The Morgan fingerprint density at radius 2 is 1.62 bits per heavy atom. The van der Waals surface area contributed by atoms with Crippen LogP contribution in [0.4, 0.5) is 4.79 Å². The number of aliphatic hydroxyl groups is 1. The molecule has 26 heavy (non-hydrogen) atoms. The van der Waals surface area contributed by atoms with Crippen LogP contribution in [0.2, 0.25) is 0 Å². The topological polar surface area (TPSA) is 78.9 Å². The number of nitrogens with zero attached hydrogens (tertiary/aromatic N) is 1. The summed E-state index contributed by atoms with van der Waals surface area (Å²) in [7, 11) is 3.12. The first-order chi connectivity index (χ1) is 12.5. The number of amides is 2. The molecule has 2 aromatic carbocycles. The quantitative estimate of drug-likeness (QED) is 0.860. The third kappa shape index (κ3) is 3.41. The summed E-state index contributed by atoms with van der Waals surface area (Å²) in [5.41, 5.74) is 4.52. The lowest BCUT2D eigenvalue weighted by molar-refractivity contribution is -0.131. The van der Waals surface area contributed by atoms with Crippen molar-refractivity contribution in [3.05, 3.63) is 59.7 Å². The zero-order chi connectivity index (χ0) is 18.7. The van der Waals surface area contributed by atoms with Crippen LogP contribution in [0.1, 0.15) is 17.0 Å². The van der Waals surface area contributed by atoms with Crippen molar-refractivity contribution < 1.29 is 19.4 Å². The van der Waals surface area contributed by atoms with Crippen molar-refractivity contribution in [2.75, 3.05) is 27.3 Å². The number of likely N-dealkylation sites (N-methyl/N-ethyl adjacent to an activating group) is 1. The molecule has 1 aliphatic carbocycles. The molecule has 0 spiro atoms. The number of fused-ring (bicyclic) bond motifs is 3. The van der Waals surface area contributed by atoms with Crippen LogP contribution in [0.15, 0.2) is 48.5 Å². The van der Waals surface area contributed by atoms with Crippen molar-refractivity contribution in [1.29, 1.82) is 0 Å². The van der Waals surface area contributed by atoms with Crippen LogP contribution >= 0.6 is 0 Å². The van der Waals surface area contributed by atoms with Crippen molar-refractivity contribution >= 4 is 12.0 Å². The summed E-state index contributed by atoms with van der Waals surface area (Å²) in [6, 6.07) is 15.1. The fourth-order valence-electron chi connectivity index (χ4n) is 3.28. The van der Waals surface area contributed by atoms with Gasteiger partial charge in [-0.05, 0) is 22.3 Å². The van der Waals surface area contributed by atoms with Crippen molar-refractivity contribution in [2.45, 2.75) is 12.0 Å². The van der Waals surface area contributed by atoms with E-state index < -0.39 is 18.7 Å². The van der Waals surface area contributed by atoms with E-state index in [1.165, 1.54) is 4.90 Å². The molecule has 0 bridgehead atoms. The molecule has 6 heteroatoms. The molecule has 2 amide bonds. The summed E-state index contributed by atoms with van der Waals surface area (Å²) >= 11 is 0. The standard InChI is InChI=1S/C20H22N2O4/c1-22(2)19(24)18(11-23)21-20(25)26-12-17-15-9-5-3-7-13(15)14-8-4-6-10-16(14)17/h3-10,17-18,23H,11-12H2,1-2H3,(H,21,25). The highest BCUT2D eigenvalue weighted by molar-refractivity contribution is 5.85. The van der Waals surface area contributed by atoms with Gasteiger partial charge in [-0.15, -0.1) is 0 Å². The molecule has 1 aliphatic rings. The molecule has 6 nitrogen and oxygen atoms in total. The Labute approximate surface area is 152 Å². The predicted octanol–water partition coefficient (Wildman–Crippen LogP) is 1.97. The summed E-state index contributed by atoms with van der Waals surface area (Å²) in [5, 5.41) is 11.7. The van der Waals surface area contributed by atoms with Crippen LogP contribution in [0.3, 0.4) is 0 Å². The molecule has 1 unspecified atom stereocenters. The molecule has 0 saturated heterocycles. The number of ether oxygens (including phenoxy) is 1. The number of rotatable bonds is 5. The largest absolute Gasteiger partial charge is 0.449 e. The molecule has 2 N–H and O–H groups in total. The van der Waals surface area contributed by atoms with Gasteiger partial charge in [0.25, 0.3) is 0 Å². The molecular weight excluding hydrogens is 332 g/mol. The van der Waals surface area contributed by atoms with Gasteiger partial charge in [-0.3, -0.25) is 4.79 Å². The van der Waals surface area contributed by atoms with E-state index in [-0.39, 0.29) is 18.4 Å². The van der Waals surface area contributed by atoms with Crippen LogP contribution < -0.4 is 5.32 Å². The van der Waals surface area contributed by atoms with Gasteiger partial charge < -0.3 is 20.1 Å². The number of hydrogen-bond donors (Lipinski definition) is 2. The van der Waals surface area contributed by atoms with Gasteiger partial charge in [0, 0.05) is 20.0 Å². The second-order valence-corrected chi connectivity index (χ2v) is 6.44. The third-order valence-electron chi connectivity index (χ3n) is 4.56. The summed E-state index contributed by atoms with van der Waals surface area (Å²) in [6.45, 7) is -0.324. The molecule has 0 radical (unpaired) electrons. The van der Waals surface area contributed by atoms with Gasteiger partial charge in [-0.1, -0.05) is 48.5 Å². The molecule has 0 heterocycles. The van der Waals surface area contributed by atoms with Crippen LogP contribution in [-0.2, 0) is 9.53 Å². The highest BCUT2D eigenvalue weighted by atomic mass is 16.5. The average molecular weight is 354 g/mol. The second-order valence-electron chi connectivity index (χ2n) is 6.44. The fourth-order valence-corrected chi connectivity index (χ4v) is 3.28. The Morgan fingerprint density at radius 1 is 1.08 bits per heavy atom. The van der Waals surface area contributed by atoms with E-state index in [9.17, 15) is 14.7 Å². The van der Waals surface area contributed by atoms with Crippen molar-refractivity contribution in [2.24, 2.45) is 0 Å². The molecule has 3 rings (SSSR count). The maximum Gasteiger partial charge on any atom is 0.407 e. The maximum atomic E-state index is 12.1. The van der Waals surface area contributed by atoms with Gasteiger partial charge in [0.2, 0.25) is 5.91 Å². The second kappa shape index (κ2) is 7.58. The SMILES string of the molecule is CN(C)C(=O)C(CO)NC(=O)OCC1c2ccccc2-c2ccccc21. The number of benzene rings is 2. The fraction of sp³-hybridized carbons (Fsp3) is 0.300. The molecule has 2 aromatic rings. The summed E-state index contributed by atoms with van der Waals surface area (Å²) in [4.78, 5) is 25.3. The van der Waals surface area contributed by atoms with Crippen LogP contribution in [0, 0.1) is 0 Å². The number of alkyl carbamates (subject to hydrolysis) is 1. The first-order valence-electron chi connectivity index (χ1n) is 8.46. The summed E-state index contributed by atoms with van der Waals surface area (Å²) in [6.07, 6.45) is -0.721. The average Bonchev–Trinajstić information content (AvgIpc) is 2.98. The van der Waals surface area contributed by atoms with E-state index in [4.69, 9.17) is 4.74 Å². The van der Waals surface area contributed by atoms with Crippen molar-refractivity contribution in [1.82, 2.24) is 10.2 Å². The normalized spacial score (nSPS) is 13.5. The Hall–Kier alpha value is -2.86. The van der Waals surface area contributed by atoms with Crippen LogP contribution in [-0.4, -0.2) is 55.4 Å². The summed E-state index contributed by atoms with van der Waals surface area (Å²) in [5.74, 6) is -0.439. The van der Waals surface area contributed by atoms with E-state index in [2.05, 4.69) is 17.4 Å². The Morgan fingerprint density at radius 3 is 2.12 bits per heavy atom. The van der Waals surface area contributed by atoms with E-state index >= 15 is 0 Å².